The smallest absolute Gasteiger partial charge is 0.255 e. The predicted molar refractivity (Wildman–Crippen MR) is 103 cm³/mol. The van der Waals surface area contributed by atoms with Crippen molar-refractivity contribution in [3.63, 3.8) is 0 Å². The average molecular weight is 371 g/mol. The number of carbonyl (C=O) groups is 2. The van der Waals surface area contributed by atoms with Crippen LogP contribution in [0.25, 0.3) is 10.8 Å². The highest BCUT2D eigenvalue weighted by Gasteiger charge is 2.24. The summed E-state index contributed by atoms with van der Waals surface area (Å²) in [6.45, 7) is 0.338. The lowest BCUT2D eigenvalue weighted by Gasteiger charge is -2.29. The van der Waals surface area contributed by atoms with E-state index in [2.05, 4.69) is 10.6 Å². The van der Waals surface area contributed by atoms with Crippen molar-refractivity contribution < 1.29 is 19.8 Å². The highest BCUT2D eigenvalue weighted by Crippen LogP contribution is 2.31. The normalized spacial score (nSPS) is 19.6. The fourth-order valence-electron chi connectivity index (χ4n) is 3.56. The Hall–Kier alpha value is -2.80. The van der Waals surface area contributed by atoms with Crippen molar-refractivity contribution in [1.82, 2.24) is 10.6 Å². The van der Waals surface area contributed by atoms with Gasteiger partial charge in [0.25, 0.3) is 5.91 Å². The zero-order valence-corrected chi connectivity index (χ0v) is 15.1. The molecular weight excluding hydrogens is 346 g/mol. The number of phenols is 2. The van der Waals surface area contributed by atoms with Crippen molar-refractivity contribution in [1.29, 1.82) is 0 Å². The van der Waals surface area contributed by atoms with Gasteiger partial charge in [-0.15, -0.1) is 0 Å². The summed E-state index contributed by atoms with van der Waals surface area (Å²) >= 11 is 0. The molecule has 27 heavy (non-hydrogen) atoms. The van der Waals surface area contributed by atoms with Crippen molar-refractivity contribution in [3.05, 3.63) is 35.9 Å². The zero-order chi connectivity index (χ0) is 19.4. The maximum absolute atomic E-state index is 12.6. The Bertz CT molecular complexity index is 844. The van der Waals surface area contributed by atoms with E-state index in [0.29, 0.717) is 23.7 Å². The molecule has 6 N–H and O–H groups in total. The highest BCUT2D eigenvalue weighted by molar-refractivity contribution is 6.02. The number of benzene rings is 2. The Labute approximate surface area is 157 Å². The zero-order valence-electron chi connectivity index (χ0n) is 15.1. The van der Waals surface area contributed by atoms with Gasteiger partial charge in [-0.2, -0.15) is 0 Å². The van der Waals surface area contributed by atoms with Gasteiger partial charge in [-0.25, -0.2) is 0 Å². The number of nitrogens with one attached hydrogen (secondary N) is 2. The van der Waals surface area contributed by atoms with Gasteiger partial charge in [-0.05, 0) is 49.3 Å². The Morgan fingerprint density at radius 3 is 2.33 bits per heavy atom. The first-order valence-electron chi connectivity index (χ1n) is 9.23. The van der Waals surface area contributed by atoms with Crippen LogP contribution >= 0.6 is 0 Å². The molecule has 0 heterocycles. The molecule has 3 rings (SSSR count). The van der Waals surface area contributed by atoms with E-state index < -0.39 is 0 Å². The molecule has 144 valence electrons. The van der Waals surface area contributed by atoms with Gasteiger partial charge in [0, 0.05) is 30.4 Å². The number of hydrogen-bond acceptors (Lipinski definition) is 5. The molecule has 0 aliphatic heterocycles. The molecule has 1 aliphatic rings. The lowest BCUT2D eigenvalue weighted by Crippen LogP contribution is -2.44. The lowest BCUT2D eigenvalue weighted by atomic mass is 9.90. The minimum atomic E-state index is -0.339. The molecule has 0 saturated heterocycles. The Morgan fingerprint density at radius 2 is 1.67 bits per heavy atom. The first-order chi connectivity index (χ1) is 13.0. The largest absolute Gasteiger partial charge is 0.507 e. The third-order valence-electron chi connectivity index (χ3n) is 5.02. The molecule has 0 aromatic heterocycles. The Morgan fingerprint density at radius 1 is 1.00 bits per heavy atom. The number of phenolic OH excluding ortho intramolecular Hbond substituents is 2. The minimum Gasteiger partial charge on any atom is -0.507 e. The van der Waals surface area contributed by atoms with Gasteiger partial charge in [-0.1, -0.05) is 12.1 Å². The van der Waals surface area contributed by atoms with E-state index in [4.69, 9.17) is 5.73 Å². The maximum atomic E-state index is 12.6. The fraction of sp³-hybridized carbons (Fsp3) is 0.400. The van der Waals surface area contributed by atoms with E-state index in [1.54, 1.807) is 18.2 Å². The molecular formula is C20H25N3O4. The van der Waals surface area contributed by atoms with Crippen LogP contribution in [0, 0.1) is 0 Å². The van der Waals surface area contributed by atoms with Crippen molar-refractivity contribution in [3.8, 4) is 11.5 Å². The molecule has 0 atom stereocenters. The average Bonchev–Trinajstić information content (AvgIpc) is 2.64. The summed E-state index contributed by atoms with van der Waals surface area (Å²) in [4.78, 5) is 24.2. The summed E-state index contributed by atoms with van der Waals surface area (Å²) < 4.78 is 0. The second-order valence-corrected chi connectivity index (χ2v) is 7.00. The molecule has 2 aromatic carbocycles. The maximum Gasteiger partial charge on any atom is 0.255 e. The standard InChI is InChI=1S/C20H25N3O4/c21-9-8-19(26)22-13-4-6-14(7-5-13)23-20(27)16-10-12-2-1-3-17(24)15(12)11-18(16)25/h1-3,10-11,13-14,24-25H,4-9,21H2,(H,22,26)(H,23,27). The third kappa shape index (κ3) is 4.49. The molecule has 7 nitrogen and oxygen atoms in total. The second kappa shape index (κ2) is 8.26. The van der Waals surface area contributed by atoms with Gasteiger partial charge in [0.05, 0.1) is 5.56 Å². The molecule has 0 radical (unpaired) electrons. The first kappa shape index (κ1) is 19.0. The molecule has 2 amide bonds. The lowest BCUT2D eigenvalue weighted by molar-refractivity contribution is -0.121. The van der Waals surface area contributed by atoms with Crippen molar-refractivity contribution in [2.75, 3.05) is 6.54 Å². The summed E-state index contributed by atoms with van der Waals surface area (Å²) in [5, 5.41) is 27.2. The topological polar surface area (TPSA) is 125 Å². The van der Waals surface area contributed by atoms with Gasteiger partial charge < -0.3 is 26.6 Å². The quantitative estimate of drug-likeness (QED) is 0.548. The van der Waals surface area contributed by atoms with Gasteiger partial charge >= 0.3 is 0 Å². The van der Waals surface area contributed by atoms with Crippen LogP contribution in [0.3, 0.4) is 0 Å². The van der Waals surface area contributed by atoms with Gasteiger partial charge in [0.2, 0.25) is 5.91 Å². The van der Waals surface area contributed by atoms with Crippen molar-refractivity contribution >= 4 is 22.6 Å². The number of amides is 2. The van der Waals surface area contributed by atoms with Gasteiger partial charge in [0.1, 0.15) is 11.5 Å². The third-order valence-corrected chi connectivity index (χ3v) is 5.02. The fourth-order valence-corrected chi connectivity index (χ4v) is 3.56. The van der Waals surface area contributed by atoms with E-state index in [-0.39, 0.29) is 41.0 Å². The minimum absolute atomic E-state index is 0.000524. The molecule has 0 spiro atoms. The van der Waals surface area contributed by atoms with E-state index in [1.807, 2.05) is 0 Å². The first-order valence-corrected chi connectivity index (χ1v) is 9.23. The number of fused-ring (bicyclic) bond motifs is 1. The van der Waals surface area contributed by atoms with Crippen LogP contribution in [0.1, 0.15) is 42.5 Å². The van der Waals surface area contributed by atoms with Crippen LogP contribution in [0.5, 0.6) is 11.5 Å². The van der Waals surface area contributed by atoms with Crippen LogP contribution in [0.2, 0.25) is 0 Å². The number of nitrogens with two attached hydrogens (primary N) is 1. The summed E-state index contributed by atoms with van der Waals surface area (Å²) in [6.07, 6.45) is 3.42. The van der Waals surface area contributed by atoms with Crippen LogP contribution < -0.4 is 16.4 Å². The molecule has 2 aromatic rings. The summed E-state index contributed by atoms with van der Waals surface area (Å²) in [7, 11) is 0. The van der Waals surface area contributed by atoms with E-state index >= 15 is 0 Å². The van der Waals surface area contributed by atoms with E-state index in [0.717, 1.165) is 25.7 Å². The molecule has 1 fully saturated rings. The molecule has 0 bridgehead atoms. The van der Waals surface area contributed by atoms with Crippen LogP contribution in [-0.4, -0.2) is 40.7 Å². The number of hydrogen-bond donors (Lipinski definition) is 5. The number of rotatable bonds is 5. The molecule has 7 heteroatoms. The number of carbonyl (C=O) groups excluding carboxylic acids is 2. The Kier molecular flexibility index (Phi) is 5.81. The molecule has 0 unspecified atom stereocenters. The number of aromatic hydroxyl groups is 2. The highest BCUT2D eigenvalue weighted by atomic mass is 16.3. The van der Waals surface area contributed by atoms with Crippen LogP contribution in [-0.2, 0) is 4.79 Å². The van der Waals surface area contributed by atoms with Gasteiger partial charge in [0.15, 0.2) is 0 Å². The van der Waals surface area contributed by atoms with Crippen molar-refractivity contribution in [2.24, 2.45) is 5.73 Å². The van der Waals surface area contributed by atoms with Gasteiger partial charge in [-0.3, -0.25) is 9.59 Å². The second-order valence-electron chi connectivity index (χ2n) is 7.00. The molecule has 1 saturated carbocycles. The summed E-state index contributed by atoms with van der Waals surface area (Å²) in [5.74, 6) is -0.475. The van der Waals surface area contributed by atoms with Crippen LogP contribution in [0.15, 0.2) is 30.3 Å². The molecule has 1 aliphatic carbocycles. The van der Waals surface area contributed by atoms with Crippen LogP contribution in [0.4, 0.5) is 0 Å². The summed E-state index contributed by atoms with van der Waals surface area (Å²) in [5.41, 5.74) is 5.57. The van der Waals surface area contributed by atoms with E-state index in [1.165, 1.54) is 12.1 Å². The van der Waals surface area contributed by atoms with E-state index in [9.17, 15) is 19.8 Å². The van der Waals surface area contributed by atoms with Crippen molar-refractivity contribution in [2.45, 2.75) is 44.2 Å². The summed E-state index contributed by atoms with van der Waals surface area (Å²) in [6, 6.07) is 8.11. The predicted octanol–water partition coefficient (Wildman–Crippen LogP) is 1.76. The monoisotopic (exact) mass is 371 g/mol. The Balaban J connectivity index is 1.61. The SMILES string of the molecule is NCCC(=O)NC1CCC(NC(=O)c2cc3cccc(O)c3cc2O)CC1.